The fourth-order valence-corrected chi connectivity index (χ4v) is 3.35. The van der Waals surface area contributed by atoms with Crippen molar-refractivity contribution in [1.29, 1.82) is 0 Å². The third-order valence-corrected chi connectivity index (χ3v) is 4.77. The Morgan fingerprint density at radius 3 is 2.83 bits per heavy atom. The Balaban J connectivity index is 1.66. The van der Waals surface area contributed by atoms with Crippen molar-refractivity contribution < 1.29 is 9.90 Å². The molecule has 1 aliphatic heterocycles. The van der Waals surface area contributed by atoms with E-state index in [4.69, 9.17) is 0 Å². The number of benzene rings is 1. The number of piperidine rings is 1. The number of hydrogen-bond acceptors (Lipinski definition) is 3. The predicted octanol–water partition coefficient (Wildman–Crippen LogP) is 2.18. The summed E-state index contributed by atoms with van der Waals surface area (Å²) in [5, 5.41) is 10.4. The van der Waals surface area contributed by atoms with E-state index in [1.165, 1.54) is 11.1 Å². The van der Waals surface area contributed by atoms with Gasteiger partial charge in [0.25, 0.3) is 0 Å². The summed E-state index contributed by atoms with van der Waals surface area (Å²) in [7, 11) is 0. The van der Waals surface area contributed by atoms with E-state index in [0.29, 0.717) is 19.4 Å². The van der Waals surface area contributed by atoms with Crippen LogP contribution >= 0.6 is 0 Å². The van der Waals surface area contributed by atoms with Gasteiger partial charge in [-0.2, -0.15) is 0 Å². The molecule has 1 N–H and O–H groups in total. The molecule has 2 atom stereocenters. The molecule has 0 radical (unpaired) electrons. The number of hydrogen-bond donors (Lipinski definition) is 1. The molecular formula is C19H25N3O2. The van der Waals surface area contributed by atoms with E-state index in [1.807, 2.05) is 15.7 Å². The van der Waals surface area contributed by atoms with Gasteiger partial charge >= 0.3 is 0 Å². The average molecular weight is 327 g/mol. The molecule has 1 aromatic carbocycles. The summed E-state index contributed by atoms with van der Waals surface area (Å²) in [6, 6.07) is 8.21. The Hall–Kier alpha value is -2.14. The lowest BCUT2D eigenvalue weighted by atomic mass is 9.92. The topological polar surface area (TPSA) is 58.4 Å². The molecule has 1 aromatic heterocycles. The van der Waals surface area contributed by atoms with Gasteiger partial charge in [-0.3, -0.25) is 4.79 Å². The summed E-state index contributed by atoms with van der Waals surface area (Å²) in [4.78, 5) is 18.6. The molecular weight excluding hydrogens is 302 g/mol. The number of aryl methyl sites for hydroxylation is 2. The fourth-order valence-electron chi connectivity index (χ4n) is 3.35. The van der Waals surface area contributed by atoms with Crippen LogP contribution in [0.1, 0.15) is 30.4 Å². The molecule has 0 unspecified atom stereocenters. The van der Waals surface area contributed by atoms with E-state index in [0.717, 1.165) is 19.4 Å². The van der Waals surface area contributed by atoms with E-state index < -0.39 is 6.10 Å². The smallest absolute Gasteiger partial charge is 0.224 e. The second kappa shape index (κ2) is 7.62. The van der Waals surface area contributed by atoms with Crippen molar-refractivity contribution in [1.82, 2.24) is 14.5 Å². The minimum Gasteiger partial charge on any atom is -0.391 e. The average Bonchev–Trinajstić information content (AvgIpc) is 3.10. The van der Waals surface area contributed by atoms with Crippen molar-refractivity contribution in [3.05, 3.63) is 54.1 Å². The van der Waals surface area contributed by atoms with Gasteiger partial charge in [0.2, 0.25) is 5.91 Å². The fraction of sp³-hybridized carbons (Fsp3) is 0.474. The quantitative estimate of drug-likeness (QED) is 0.916. The molecule has 5 heteroatoms. The van der Waals surface area contributed by atoms with E-state index in [-0.39, 0.29) is 11.9 Å². The van der Waals surface area contributed by atoms with E-state index in [9.17, 15) is 9.90 Å². The highest BCUT2D eigenvalue weighted by Crippen LogP contribution is 2.22. The highest BCUT2D eigenvalue weighted by atomic mass is 16.3. The number of imidazole rings is 1. The van der Waals surface area contributed by atoms with Crippen LogP contribution in [-0.4, -0.2) is 44.2 Å². The number of aliphatic hydroxyl groups excluding tert-OH is 1. The zero-order valence-electron chi connectivity index (χ0n) is 14.1. The number of carbonyl (C=O) groups excluding carboxylic acids is 1. The van der Waals surface area contributed by atoms with Crippen molar-refractivity contribution in [2.24, 2.45) is 0 Å². The van der Waals surface area contributed by atoms with Gasteiger partial charge in [0, 0.05) is 31.9 Å². The van der Waals surface area contributed by atoms with Gasteiger partial charge in [0.1, 0.15) is 0 Å². The first-order valence-corrected chi connectivity index (χ1v) is 8.62. The van der Waals surface area contributed by atoms with E-state index >= 15 is 0 Å². The Labute approximate surface area is 142 Å². The predicted molar refractivity (Wildman–Crippen MR) is 92.5 cm³/mol. The number of carbonyl (C=O) groups is 1. The van der Waals surface area contributed by atoms with Gasteiger partial charge in [0.05, 0.1) is 18.5 Å². The maximum absolute atomic E-state index is 12.7. The van der Waals surface area contributed by atoms with Crippen molar-refractivity contribution >= 4 is 5.91 Å². The largest absolute Gasteiger partial charge is 0.391 e. The number of likely N-dealkylation sites (tertiary alicyclic amines) is 1. The summed E-state index contributed by atoms with van der Waals surface area (Å²) < 4.78 is 1.91. The third-order valence-electron chi connectivity index (χ3n) is 4.77. The molecule has 128 valence electrons. The van der Waals surface area contributed by atoms with Crippen LogP contribution in [0.3, 0.4) is 0 Å². The standard InChI is InChI=1S/C19H25N3O2/c1-15-4-6-16(7-5-15)13-17-18(23)3-2-10-22(17)19(24)8-11-21-12-9-20-14-21/h4-7,9,12,14,17-18,23H,2-3,8,10-11,13H2,1H3/t17-,18-/m0/s1. The van der Waals surface area contributed by atoms with Gasteiger partial charge in [-0.05, 0) is 31.7 Å². The number of rotatable bonds is 5. The van der Waals surface area contributed by atoms with Crippen LogP contribution in [0.5, 0.6) is 0 Å². The zero-order chi connectivity index (χ0) is 16.9. The zero-order valence-corrected chi connectivity index (χ0v) is 14.1. The molecule has 3 rings (SSSR count). The van der Waals surface area contributed by atoms with Gasteiger partial charge in [-0.1, -0.05) is 29.8 Å². The van der Waals surface area contributed by atoms with Crippen LogP contribution in [-0.2, 0) is 17.8 Å². The molecule has 1 saturated heterocycles. The second-order valence-corrected chi connectivity index (χ2v) is 6.60. The van der Waals surface area contributed by atoms with Crippen LogP contribution in [0, 0.1) is 6.92 Å². The van der Waals surface area contributed by atoms with Gasteiger partial charge in [0.15, 0.2) is 0 Å². The number of aromatic nitrogens is 2. The van der Waals surface area contributed by atoms with Crippen molar-refractivity contribution in [3.63, 3.8) is 0 Å². The third kappa shape index (κ3) is 4.03. The summed E-state index contributed by atoms with van der Waals surface area (Å²) in [5.41, 5.74) is 2.38. The van der Waals surface area contributed by atoms with E-state index in [2.05, 4.69) is 36.2 Å². The molecule has 2 heterocycles. The second-order valence-electron chi connectivity index (χ2n) is 6.60. The first-order chi connectivity index (χ1) is 11.6. The van der Waals surface area contributed by atoms with Crippen LogP contribution in [0.4, 0.5) is 0 Å². The molecule has 0 spiro atoms. The lowest BCUT2D eigenvalue weighted by molar-refractivity contribution is -0.139. The molecule has 1 amide bonds. The van der Waals surface area contributed by atoms with Gasteiger partial charge in [-0.15, -0.1) is 0 Å². The molecule has 1 aliphatic rings. The van der Waals surface area contributed by atoms with Crippen LogP contribution in [0.25, 0.3) is 0 Å². The summed E-state index contributed by atoms with van der Waals surface area (Å²) in [6.07, 6.45) is 7.63. The lowest BCUT2D eigenvalue weighted by Gasteiger charge is -2.39. The molecule has 5 nitrogen and oxygen atoms in total. The summed E-state index contributed by atoms with van der Waals surface area (Å²) in [6.45, 7) is 3.42. The minimum atomic E-state index is -0.447. The van der Waals surface area contributed by atoms with Crippen molar-refractivity contribution in [3.8, 4) is 0 Å². The highest BCUT2D eigenvalue weighted by Gasteiger charge is 2.32. The first-order valence-electron chi connectivity index (χ1n) is 8.62. The minimum absolute atomic E-state index is 0.111. The molecule has 0 aliphatic carbocycles. The van der Waals surface area contributed by atoms with Crippen molar-refractivity contribution in [2.75, 3.05) is 6.54 Å². The molecule has 0 bridgehead atoms. The first kappa shape index (κ1) is 16.7. The molecule has 0 saturated carbocycles. The Morgan fingerprint density at radius 2 is 2.12 bits per heavy atom. The number of aliphatic hydroxyl groups is 1. The van der Waals surface area contributed by atoms with Crippen LogP contribution in [0.2, 0.25) is 0 Å². The lowest BCUT2D eigenvalue weighted by Crippen LogP contribution is -2.52. The van der Waals surface area contributed by atoms with Gasteiger partial charge in [-0.25, -0.2) is 4.98 Å². The van der Waals surface area contributed by atoms with E-state index in [1.54, 1.807) is 12.5 Å². The Bertz CT molecular complexity index is 652. The highest BCUT2D eigenvalue weighted by molar-refractivity contribution is 5.76. The van der Waals surface area contributed by atoms with Crippen molar-refractivity contribution in [2.45, 2.75) is 51.3 Å². The van der Waals surface area contributed by atoms with Gasteiger partial charge < -0.3 is 14.6 Å². The summed E-state index contributed by atoms with van der Waals surface area (Å²) in [5.74, 6) is 0.111. The molecule has 1 fully saturated rings. The maximum Gasteiger partial charge on any atom is 0.224 e. The molecule has 24 heavy (non-hydrogen) atoms. The van der Waals surface area contributed by atoms with Crippen LogP contribution in [0.15, 0.2) is 43.0 Å². The SMILES string of the molecule is Cc1ccc(C[C@H]2[C@@H](O)CCCN2C(=O)CCn2ccnc2)cc1. The monoisotopic (exact) mass is 327 g/mol. The number of nitrogens with zero attached hydrogens (tertiary/aromatic N) is 3. The summed E-state index contributed by atoms with van der Waals surface area (Å²) >= 11 is 0. The van der Waals surface area contributed by atoms with Crippen LogP contribution < -0.4 is 0 Å². The Morgan fingerprint density at radius 1 is 1.33 bits per heavy atom. The maximum atomic E-state index is 12.7. The number of amides is 1. The molecule has 2 aromatic rings. The Kier molecular flexibility index (Phi) is 5.30. The normalized spacial score (nSPS) is 21.0.